The topological polar surface area (TPSA) is 47.6 Å². The van der Waals surface area contributed by atoms with Gasteiger partial charge in [0.2, 0.25) is 6.79 Å². The summed E-state index contributed by atoms with van der Waals surface area (Å²) in [5.74, 6) is 2.05. The van der Waals surface area contributed by atoms with E-state index in [4.69, 9.17) is 9.47 Å². The number of nitrogens with one attached hydrogen (secondary N) is 1. The molecule has 1 aliphatic rings. The number of hydrogen-bond donors (Lipinski definition) is 1. The van der Waals surface area contributed by atoms with Gasteiger partial charge in [0.1, 0.15) is 0 Å². The van der Waals surface area contributed by atoms with Gasteiger partial charge in [0, 0.05) is 22.8 Å². The molecule has 0 aromatic heterocycles. The van der Waals surface area contributed by atoms with Crippen molar-refractivity contribution in [2.75, 3.05) is 19.1 Å². The third-order valence-electron chi connectivity index (χ3n) is 3.03. The quantitative estimate of drug-likeness (QED) is 0.681. The Balaban J connectivity index is 1.48. The zero-order valence-electron chi connectivity index (χ0n) is 11.4. The van der Waals surface area contributed by atoms with E-state index >= 15 is 0 Å². The first kappa shape index (κ1) is 13.8. The maximum atomic E-state index is 12.0. The Bertz CT molecular complexity index is 631. The Labute approximate surface area is 127 Å². The lowest BCUT2D eigenvalue weighted by Crippen LogP contribution is -2.25. The van der Waals surface area contributed by atoms with Crippen LogP contribution in [0.2, 0.25) is 0 Å². The second-order valence-corrected chi connectivity index (χ2v) is 5.65. The fraction of sp³-hybridized carbons (Fsp3) is 0.188. The second-order valence-electron chi connectivity index (χ2n) is 4.49. The van der Waals surface area contributed by atoms with Gasteiger partial charge in [-0.1, -0.05) is 18.2 Å². The molecular weight excluding hydrogens is 286 g/mol. The molecule has 1 aliphatic heterocycles. The largest absolute Gasteiger partial charge is 0.454 e. The van der Waals surface area contributed by atoms with Crippen LogP contribution in [0.1, 0.15) is 10.4 Å². The number of carbonyl (C=O) groups excluding carboxylic acids is 1. The van der Waals surface area contributed by atoms with E-state index in [0.29, 0.717) is 23.6 Å². The highest BCUT2D eigenvalue weighted by molar-refractivity contribution is 7.99. The van der Waals surface area contributed by atoms with Crippen LogP contribution in [0.5, 0.6) is 11.5 Å². The summed E-state index contributed by atoms with van der Waals surface area (Å²) < 4.78 is 10.5. The molecule has 0 radical (unpaired) electrons. The number of rotatable bonds is 5. The van der Waals surface area contributed by atoms with Crippen LogP contribution < -0.4 is 14.8 Å². The summed E-state index contributed by atoms with van der Waals surface area (Å²) in [5, 5.41) is 2.90. The Kier molecular flexibility index (Phi) is 4.31. The number of benzene rings is 2. The molecule has 1 heterocycles. The van der Waals surface area contributed by atoms with Crippen molar-refractivity contribution in [1.82, 2.24) is 5.32 Å². The summed E-state index contributed by atoms with van der Waals surface area (Å²) in [4.78, 5) is 13.2. The van der Waals surface area contributed by atoms with Gasteiger partial charge in [-0.15, -0.1) is 11.8 Å². The van der Waals surface area contributed by atoms with Crippen LogP contribution >= 0.6 is 11.8 Å². The molecule has 0 aliphatic carbocycles. The first-order valence-corrected chi connectivity index (χ1v) is 7.67. The Morgan fingerprint density at radius 3 is 2.76 bits per heavy atom. The molecule has 21 heavy (non-hydrogen) atoms. The molecule has 1 N–H and O–H groups in total. The Morgan fingerprint density at radius 2 is 1.90 bits per heavy atom. The van der Waals surface area contributed by atoms with Gasteiger partial charge in [-0.25, -0.2) is 0 Å². The number of hydrogen-bond acceptors (Lipinski definition) is 4. The van der Waals surface area contributed by atoms with Crippen molar-refractivity contribution in [1.29, 1.82) is 0 Å². The van der Waals surface area contributed by atoms with Crippen LogP contribution in [0.25, 0.3) is 0 Å². The highest BCUT2D eigenvalue weighted by atomic mass is 32.2. The first-order chi connectivity index (χ1) is 10.3. The summed E-state index contributed by atoms with van der Waals surface area (Å²) in [7, 11) is 0. The highest BCUT2D eigenvalue weighted by Crippen LogP contribution is 2.32. The van der Waals surface area contributed by atoms with Crippen LogP contribution in [0.3, 0.4) is 0 Å². The molecule has 1 amide bonds. The molecule has 0 unspecified atom stereocenters. The van der Waals surface area contributed by atoms with E-state index in [0.717, 1.165) is 5.75 Å². The number of thioether (sulfide) groups is 1. The zero-order chi connectivity index (χ0) is 14.5. The van der Waals surface area contributed by atoms with Gasteiger partial charge in [0.05, 0.1) is 0 Å². The summed E-state index contributed by atoms with van der Waals surface area (Å²) in [6, 6.07) is 15.3. The first-order valence-electron chi connectivity index (χ1n) is 6.68. The fourth-order valence-corrected chi connectivity index (χ4v) is 2.78. The van der Waals surface area contributed by atoms with Crippen molar-refractivity contribution < 1.29 is 14.3 Å². The van der Waals surface area contributed by atoms with Crippen LogP contribution in [0.15, 0.2) is 53.4 Å². The minimum Gasteiger partial charge on any atom is -0.454 e. The zero-order valence-corrected chi connectivity index (χ0v) is 12.2. The average Bonchev–Trinajstić information content (AvgIpc) is 3.00. The lowest BCUT2D eigenvalue weighted by molar-refractivity contribution is 0.0955. The highest BCUT2D eigenvalue weighted by Gasteiger charge is 2.15. The van der Waals surface area contributed by atoms with Crippen molar-refractivity contribution in [3.63, 3.8) is 0 Å². The fourth-order valence-electron chi connectivity index (χ4n) is 1.99. The van der Waals surface area contributed by atoms with Crippen molar-refractivity contribution in [3.05, 3.63) is 54.1 Å². The minimum absolute atomic E-state index is 0.0954. The lowest BCUT2D eigenvalue weighted by Gasteiger charge is -2.06. The molecule has 0 fully saturated rings. The SMILES string of the molecule is O=C(NCCSc1ccccc1)c1ccc2c(c1)OCO2. The maximum Gasteiger partial charge on any atom is 0.251 e. The van der Waals surface area contributed by atoms with Gasteiger partial charge in [-0.2, -0.15) is 0 Å². The summed E-state index contributed by atoms with van der Waals surface area (Å²) in [6.45, 7) is 0.834. The second kappa shape index (κ2) is 6.54. The Morgan fingerprint density at radius 1 is 1.10 bits per heavy atom. The molecule has 0 atom stereocenters. The van der Waals surface area contributed by atoms with E-state index in [1.54, 1.807) is 30.0 Å². The van der Waals surface area contributed by atoms with Crippen molar-refractivity contribution in [2.45, 2.75) is 4.90 Å². The van der Waals surface area contributed by atoms with Crippen LogP contribution in [0, 0.1) is 0 Å². The van der Waals surface area contributed by atoms with E-state index in [1.807, 2.05) is 18.2 Å². The molecule has 108 valence electrons. The third kappa shape index (κ3) is 3.49. The van der Waals surface area contributed by atoms with Gasteiger partial charge in [0.25, 0.3) is 5.91 Å². The number of amides is 1. The lowest BCUT2D eigenvalue weighted by atomic mass is 10.2. The smallest absolute Gasteiger partial charge is 0.251 e. The van der Waals surface area contributed by atoms with Crippen LogP contribution in [0.4, 0.5) is 0 Å². The van der Waals surface area contributed by atoms with Crippen molar-refractivity contribution in [3.8, 4) is 11.5 Å². The normalized spacial score (nSPS) is 12.2. The van der Waals surface area contributed by atoms with Crippen LogP contribution in [-0.4, -0.2) is 25.0 Å². The summed E-state index contributed by atoms with van der Waals surface area (Å²) in [6.07, 6.45) is 0. The molecule has 0 saturated carbocycles. The van der Waals surface area contributed by atoms with Gasteiger partial charge in [-0.05, 0) is 30.3 Å². The molecule has 2 aromatic rings. The average molecular weight is 301 g/mol. The van der Waals surface area contributed by atoms with Crippen molar-refractivity contribution in [2.24, 2.45) is 0 Å². The van der Waals surface area contributed by atoms with Crippen molar-refractivity contribution >= 4 is 17.7 Å². The molecular formula is C16H15NO3S. The summed E-state index contributed by atoms with van der Waals surface area (Å²) >= 11 is 1.72. The van der Waals surface area contributed by atoms with Gasteiger partial charge < -0.3 is 14.8 Å². The monoisotopic (exact) mass is 301 g/mol. The van der Waals surface area contributed by atoms with E-state index < -0.39 is 0 Å². The standard InChI is InChI=1S/C16H15NO3S/c18-16(12-6-7-14-15(10-12)20-11-19-14)17-8-9-21-13-4-2-1-3-5-13/h1-7,10H,8-9,11H2,(H,17,18). The molecule has 2 aromatic carbocycles. The van der Waals surface area contributed by atoms with Crippen LogP contribution in [-0.2, 0) is 0 Å². The van der Waals surface area contributed by atoms with Gasteiger partial charge >= 0.3 is 0 Å². The maximum absolute atomic E-state index is 12.0. The molecule has 3 rings (SSSR count). The van der Waals surface area contributed by atoms with Gasteiger partial charge in [0.15, 0.2) is 11.5 Å². The Hall–Kier alpha value is -2.14. The van der Waals surface area contributed by atoms with Gasteiger partial charge in [-0.3, -0.25) is 4.79 Å². The number of fused-ring (bicyclic) bond motifs is 1. The molecule has 5 heteroatoms. The molecule has 0 saturated heterocycles. The van der Waals surface area contributed by atoms with E-state index in [2.05, 4.69) is 17.4 Å². The molecule has 0 bridgehead atoms. The molecule has 0 spiro atoms. The number of ether oxygens (including phenoxy) is 2. The third-order valence-corrected chi connectivity index (χ3v) is 4.05. The number of carbonyl (C=O) groups is 1. The summed E-state index contributed by atoms with van der Waals surface area (Å²) in [5.41, 5.74) is 0.587. The predicted molar refractivity (Wildman–Crippen MR) is 82.1 cm³/mol. The molecule has 4 nitrogen and oxygen atoms in total. The predicted octanol–water partition coefficient (Wildman–Crippen LogP) is 2.94. The van der Waals surface area contributed by atoms with E-state index in [1.165, 1.54) is 4.90 Å². The minimum atomic E-state index is -0.0954. The van der Waals surface area contributed by atoms with E-state index in [9.17, 15) is 4.79 Å². The van der Waals surface area contributed by atoms with E-state index in [-0.39, 0.29) is 12.7 Å².